The molecule has 0 amide bonds. The first kappa shape index (κ1) is 12.1. The molecule has 3 N–H and O–H groups in total. The Morgan fingerprint density at radius 2 is 1.87 bits per heavy atom. The molecule has 15 heavy (non-hydrogen) atoms. The maximum atomic E-state index is 5.95. The molecule has 0 unspecified atom stereocenters. The maximum Gasteiger partial charge on any atom is 0.193 e. The van der Waals surface area contributed by atoms with Gasteiger partial charge in [-0.25, -0.2) is 0 Å². The molecule has 0 saturated heterocycles. The van der Waals surface area contributed by atoms with Gasteiger partial charge in [0, 0.05) is 6.04 Å². The number of hydrogen-bond donors (Lipinski definition) is 2. The highest BCUT2D eigenvalue weighted by atomic mass is 35.5. The van der Waals surface area contributed by atoms with E-state index < -0.39 is 0 Å². The van der Waals surface area contributed by atoms with Crippen LogP contribution in [0.1, 0.15) is 13.8 Å². The standard InChI is InChI=1S/C10H13Cl2N3/c1-6(2)14-10(13)15-9-7(11)4-3-5-8(9)12/h3-6H,1-2H3,(H3,13,14,15). The fraction of sp³-hybridized carbons (Fsp3) is 0.300. The van der Waals surface area contributed by atoms with Crippen molar-refractivity contribution in [3.63, 3.8) is 0 Å². The van der Waals surface area contributed by atoms with Gasteiger partial charge in [0.2, 0.25) is 0 Å². The minimum absolute atomic E-state index is 0.124. The quantitative estimate of drug-likeness (QED) is 0.622. The lowest BCUT2D eigenvalue weighted by molar-refractivity contribution is 0.833. The largest absolute Gasteiger partial charge is 0.370 e. The summed E-state index contributed by atoms with van der Waals surface area (Å²) in [6.07, 6.45) is 0. The third-order valence-corrected chi connectivity index (χ3v) is 2.24. The average molecular weight is 246 g/mol. The fourth-order valence-corrected chi connectivity index (χ4v) is 1.55. The summed E-state index contributed by atoms with van der Waals surface area (Å²) in [4.78, 5) is 4.12. The van der Waals surface area contributed by atoms with Crippen LogP contribution in [0.25, 0.3) is 0 Å². The van der Waals surface area contributed by atoms with Crippen LogP contribution in [0.15, 0.2) is 23.2 Å². The van der Waals surface area contributed by atoms with Crippen molar-refractivity contribution in [2.75, 3.05) is 5.32 Å². The SMILES string of the molecule is CC(C)N=C(N)Nc1c(Cl)cccc1Cl. The smallest absolute Gasteiger partial charge is 0.193 e. The van der Waals surface area contributed by atoms with Gasteiger partial charge in [-0.15, -0.1) is 0 Å². The lowest BCUT2D eigenvalue weighted by atomic mass is 10.3. The highest BCUT2D eigenvalue weighted by Gasteiger charge is 2.05. The lowest BCUT2D eigenvalue weighted by Gasteiger charge is -2.10. The number of guanidine groups is 1. The first-order valence-corrected chi connectivity index (χ1v) is 5.30. The van der Waals surface area contributed by atoms with Gasteiger partial charge in [0.25, 0.3) is 0 Å². The van der Waals surface area contributed by atoms with Crippen molar-refractivity contribution in [3.8, 4) is 0 Å². The van der Waals surface area contributed by atoms with Crippen molar-refractivity contribution in [3.05, 3.63) is 28.2 Å². The van der Waals surface area contributed by atoms with Gasteiger partial charge in [-0.1, -0.05) is 29.3 Å². The Bertz CT molecular complexity index is 355. The minimum atomic E-state index is 0.124. The number of para-hydroxylation sites is 1. The van der Waals surface area contributed by atoms with Crippen molar-refractivity contribution in [1.29, 1.82) is 0 Å². The molecule has 82 valence electrons. The number of aliphatic imine (C=N–C) groups is 1. The van der Waals surface area contributed by atoms with Crippen LogP contribution >= 0.6 is 23.2 Å². The number of halogens is 2. The number of nitrogens with zero attached hydrogens (tertiary/aromatic N) is 1. The first-order chi connectivity index (χ1) is 7.00. The van der Waals surface area contributed by atoms with Crippen molar-refractivity contribution < 1.29 is 0 Å². The molecule has 0 radical (unpaired) electrons. The predicted octanol–water partition coefficient (Wildman–Crippen LogP) is 3.13. The predicted molar refractivity (Wildman–Crippen MR) is 66.8 cm³/mol. The highest BCUT2D eigenvalue weighted by Crippen LogP contribution is 2.29. The Morgan fingerprint density at radius 3 is 2.33 bits per heavy atom. The summed E-state index contributed by atoms with van der Waals surface area (Å²) in [5.74, 6) is 0.306. The molecule has 0 heterocycles. The molecule has 0 aliphatic rings. The minimum Gasteiger partial charge on any atom is -0.370 e. The Balaban J connectivity index is 2.90. The molecule has 1 rings (SSSR count). The molecule has 0 aliphatic heterocycles. The van der Waals surface area contributed by atoms with E-state index in [1.165, 1.54) is 0 Å². The zero-order valence-corrected chi connectivity index (χ0v) is 10.1. The number of nitrogens with two attached hydrogens (primary N) is 1. The van der Waals surface area contributed by atoms with Crippen molar-refractivity contribution >= 4 is 34.8 Å². The van der Waals surface area contributed by atoms with Crippen LogP contribution in [0.4, 0.5) is 5.69 Å². The van der Waals surface area contributed by atoms with E-state index >= 15 is 0 Å². The summed E-state index contributed by atoms with van der Waals surface area (Å²) in [6, 6.07) is 5.36. The molecule has 3 nitrogen and oxygen atoms in total. The van der Waals surface area contributed by atoms with Gasteiger partial charge in [-0.05, 0) is 26.0 Å². The molecule has 0 saturated carbocycles. The molecular formula is C10H13Cl2N3. The molecular weight excluding hydrogens is 233 g/mol. The van der Waals surface area contributed by atoms with E-state index in [4.69, 9.17) is 28.9 Å². The maximum absolute atomic E-state index is 5.95. The zero-order chi connectivity index (χ0) is 11.4. The summed E-state index contributed by atoms with van der Waals surface area (Å²) in [6.45, 7) is 3.87. The Kier molecular flexibility index (Phi) is 4.24. The van der Waals surface area contributed by atoms with E-state index in [1.54, 1.807) is 18.2 Å². The summed E-state index contributed by atoms with van der Waals surface area (Å²) in [5.41, 5.74) is 6.25. The van der Waals surface area contributed by atoms with Gasteiger partial charge in [0.1, 0.15) is 0 Å². The molecule has 0 atom stereocenters. The Labute approximate surface area is 99.3 Å². The molecule has 5 heteroatoms. The van der Waals surface area contributed by atoms with Crippen LogP contribution in [0.3, 0.4) is 0 Å². The lowest BCUT2D eigenvalue weighted by Crippen LogP contribution is -2.24. The van der Waals surface area contributed by atoms with Gasteiger partial charge < -0.3 is 11.1 Å². The van der Waals surface area contributed by atoms with Crippen LogP contribution in [-0.4, -0.2) is 12.0 Å². The molecule has 0 aromatic heterocycles. The number of anilines is 1. The molecule has 0 bridgehead atoms. The van der Waals surface area contributed by atoms with Gasteiger partial charge in [-0.3, -0.25) is 4.99 Å². The normalized spacial score (nSPS) is 11.9. The number of rotatable bonds is 2. The second kappa shape index (κ2) is 5.24. The van der Waals surface area contributed by atoms with E-state index in [0.717, 1.165) is 0 Å². The van der Waals surface area contributed by atoms with Crippen molar-refractivity contribution in [2.45, 2.75) is 19.9 Å². The Hall–Kier alpha value is -0.930. The summed E-state index contributed by atoms with van der Waals surface area (Å²) in [5, 5.41) is 3.91. The van der Waals surface area contributed by atoms with Crippen LogP contribution < -0.4 is 11.1 Å². The summed E-state index contributed by atoms with van der Waals surface area (Å²) in [7, 11) is 0. The van der Waals surface area contributed by atoms with Crippen LogP contribution in [0.5, 0.6) is 0 Å². The third-order valence-electron chi connectivity index (χ3n) is 1.61. The van der Waals surface area contributed by atoms with Gasteiger partial charge in [0.05, 0.1) is 15.7 Å². The van der Waals surface area contributed by atoms with Crippen molar-refractivity contribution in [2.24, 2.45) is 10.7 Å². The van der Waals surface area contributed by atoms with Gasteiger partial charge in [0.15, 0.2) is 5.96 Å². The summed E-state index contributed by atoms with van der Waals surface area (Å²) >= 11 is 11.9. The topological polar surface area (TPSA) is 50.4 Å². The molecule has 0 fully saturated rings. The number of nitrogens with one attached hydrogen (secondary N) is 1. The van der Waals surface area contributed by atoms with E-state index in [2.05, 4.69) is 10.3 Å². The molecule has 0 aliphatic carbocycles. The third kappa shape index (κ3) is 3.61. The van der Waals surface area contributed by atoms with Crippen molar-refractivity contribution in [1.82, 2.24) is 0 Å². The fourth-order valence-electron chi connectivity index (χ4n) is 1.06. The Morgan fingerprint density at radius 1 is 1.33 bits per heavy atom. The number of hydrogen-bond acceptors (Lipinski definition) is 1. The van der Waals surface area contributed by atoms with E-state index in [1.807, 2.05) is 13.8 Å². The highest BCUT2D eigenvalue weighted by molar-refractivity contribution is 6.39. The van der Waals surface area contributed by atoms with Gasteiger partial charge >= 0.3 is 0 Å². The van der Waals surface area contributed by atoms with E-state index in [-0.39, 0.29) is 6.04 Å². The number of benzene rings is 1. The molecule has 1 aromatic carbocycles. The van der Waals surface area contributed by atoms with Crippen LogP contribution in [0, 0.1) is 0 Å². The van der Waals surface area contributed by atoms with Gasteiger partial charge in [-0.2, -0.15) is 0 Å². The average Bonchev–Trinajstić information content (AvgIpc) is 2.10. The monoisotopic (exact) mass is 245 g/mol. The molecule has 1 aromatic rings. The van der Waals surface area contributed by atoms with Crippen LogP contribution in [0.2, 0.25) is 10.0 Å². The van der Waals surface area contributed by atoms with Crippen LogP contribution in [-0.2, 0) is 0 Å². The first-order valence-electron chi connectivity index (χ1n) is 4.55. The summed E-state index contributed by atoms with van der Waals surface area (Å²) < 4.78 is 0. The van der Waals surface area contributed by atoms with E-state index in [0.29, 0.717) is 21.7 Å². The van der Waals surface area contributed by atoms with E-state index in [9.17, 15) is 0 Å². The second-order valence-corrected chi connectivity index (χ2v) is 4.14. The second-order valence-electron chi connectivity index (χ2n) is 3.33. The zero-order valence-electron chi connectivity index (χ0n) is 8.59. The molecule has 0 spiro atoms.